The van der Waals surface area contributed by atoms with Crippen molar-refractivity contribution in [3.63, 3.8) is 0 Å². The molecule has 4 bridgehead atoms. The largest absolute Gasteiger partial charge is 0.385 e. The maximum Gasteiger partial charge on any atom is 0.271 e. The Balaban J connectivity index is 1.71. The van der Waals surface area contributed by atoms with Gasteiger partial charge in [0.15, 0.2) is 17.2 Å². The lowest BCUT2D eigenvalue weighted by molar-refractivity contribution is 0.0935. The summed E-state index contributed by atoms with van der Waals surface area (Å²) >= 11 is 0. The third-order valence-electron chi connectivity index (χ3n) is 4.96. The van der Waals surface area contributed by atoms with Gasteiger partial charge in [0.05, 0.1) is 11.9 Å². The summed E-state index contributed by atoms with van der Waals surface area (Å²) in [5, 5.41) is 19.5. The van der Waals surface area contributed by atoms with Crippen LogP contribution in [0.3, 0.4) is 0 Å². The molecule has 0 spiro atoms. The van der Waals surface area contributed by atoms with Gasteiger partial charge >= 0.3 is 0 Å². The van der Waals surface area contributed by atoms with Gasteiger partial charge in [-0.05, 0) is 30.5 Å². The third kappa shape index (κ3) is 2.96. The fourth-order valence-corrected chi connectivity index (χ4v) is 3.50. The molecule has 146 valence electrons. The molecule has 4 heterocycles. The summed E-state index contributed by atoms with van der Waals surface area (Å²) in [6, 6.07) is 9.79. The van der Waals surface area contributed by atoms with Crippen LogP contribution in [-0.4, -0.2) is 45.1 Å². The summed E-state index contributed by atoms with van der Waals surface area (Å²) in [5.41, 5.74) is 2.61. The Hall–Kier alpha value is -3.88. The predicted molar refractivity (Wildman–Crippen MR) is 113 cm³/mol. The Bertz CT molecular complexity index is 1250. The molecule has 0 saturated carbocycles. The maximum atomic E-state index is 12.8. The van der Waals surface area contributed by atoms with E-state index in [1.54, 1.807) is 10.7 Å². The first-order chi connectivity index (χ1) is 14.1. The fourth-order valence-electron chi connectivity index (χ4n) is 3.50. The van der Waals surface area contributed by atoms with E-state index in [9.17, 15) is 4.79 Å². The molecule has 29 heavy (non-hydrogen) atoms. The van der Waals surface area contributed by atoms with Gasteiger partial charge in [0, 0.05) is 43.0 Å². The smallest absolute Gasteiger partial charge is 0.271 e. The molecule has 0 radical (unpaired) electrons. The normalized spacial score (nSPS) is 16.3. The summed E-state index contributed by atoms with van der Waals surface area (Å²) in [7, 11) is 1.81. The zero-order valence-electron chi connectivity index (χ0n) is 16.0. The van der Waals surface area contributed by atoms with Crippen LogP contribution >= 0.6 is 0 Å². The van der Waals surface area contributed by atoms with Crippen LogP contribution in [0.1, 0.15) is 17.4 Å². The van der Waals surface area contributed by atoms with Crippen LogP contribution in [0.25, 0.3) is 16.4 Å². The molecule has 4 aromatic rings. The Morgan fingerprint density at radius 3 is 2.97 bits per heavy atom. The maximum absolute atomic E-state index is 12.8. The molecule has 5 rings (SSSR count). The molecular formula is C20H20N8O. The van der Waals surface area contributed by atoms with E-state index in [1.807, 2.05) is 44.3 Å². The SMILES string of the molecule is CNc1cc2nn3c(cnc13)C(=O)NC(C)CNc1nccc3ccc(cc13)N2. The van der Waals surface area contributed by atoms with Crippen LogP contribution in [0, 0.1) is 0 Å². The van der Waals surface area contributed by atoms with E-state index >= 15 is 0 Å². The second-order valence-corrected chi connectivity index (χ2v) is 7.05. The number of rotatable bonds is 1. The zero-order valence-corrected chi connectivity index (χ0v) is 16.0. The van der Waals surface area contributed by atoms with E-state index in [0.717, 1.165) is 28.0 Å². The number of carbonyl (C=O) groups is 1. The number of fused-ring (bicyclic) bond motifs is 2. The Kier molecular flexibility index (Phi) is 3.94. The van der Waals surface area contributed by atoms with Gasteiger partial charge < -0.3 is 21.3 Å². The van der Waals surface area contributed by atoms with Crippen molar-refractivity contribution in [3.05, 3.63) is 48.4 Å². The van der Waals surface area contributed by atoms with E-state index in [1.165, 1.54) is 6.20 Å². The van der Waals surface area contributed by atoms with Gasteiger partial charge in [0.25, 0.3) is 5.91 Å². The molecule has 0 fully saturated rings. The molecule has 1 atom stereocenters. The number of carbonyl (C=O) groups excluding carboxylic acids is 1. The molecule has 0 saturated heterocycles. The summed E-state index contributed by atoms with van der Waals surface area (Å²) in [5.74, 6) is 1.13. The molecule has 9 heteroatoms. The lowest BCUT2D eigenvalue weighted by Crippen LogP contribution is -2.38. The van der Waals surface area contributed by atoms with E-state index in [0.29, 0.717) is 23.7 Å². The molecule has 1 aliphatic heterocycles. The molecule has 0 aliphatic carbocycles. The van der Waals surface area contributed by atoms with Crippen LogP contribution in [0.2, 0.25) is 0 Å². The average molecular weight is 388 g/mol. The summed E-state index contributed by atoms with van der Waals surface area (Å²) in [6.07, 6.45) is 3.31. The van der Waals surface area contributed by atoms with Gasteiger partial charge in [0.2, 0.25) is 0 Å². The highest BCUT2D eigenvalue weighted by Crippen LogP contribution is 2.28. The van der Waals surface area contributed by atoms with Crippen molar-refractivity contribution in [2.45, 2.75) is 13.0 Å². The molecular weight excluding hydrogens is 368 g/mol. The van der Waals surface area contributed by atoms with Gasteiger partial charge in [0.1, 0.15) is 5.82 Å². The number of hydrogen-bond donors (Lipinski definition) is 4. The summed E-state index contributed by atoms with van der Waals surface area (Å²) in [6.45, 7) is 2.47. The van der Waals surface area contributed by atoms with Crippen molar-refractivity contribution >= 4 is 45.3 Å². The van der Waals surface area contributed by atoms with Gasteiger partial charge in [-0.2, -0.15) is 0 Å². The first kappa shape index (κ1) is 17.2. The highest BCUT2D eigenvalue weighted by Gasteiger charge is 2.19. The van der Waals surface area contributed by atoms with Gasteiger partial charge in [-0.15, -0.1) is 5.10 Å². The minimum Gasteiger partial charge on any atom is -0.385 e. The Morgan fingerprint density at radius 2 is 2.10 bits per heavy atom. The number of nitrogens with zero attached hydrogens (tertiary/aromatic N) is 4. The standard InChI is InChI=1S/C20H20N8O/c1-11-9-23-18-14-7-13(4-3-12(14)5-6-22-18)26-17-8-15(21-2)19-24-10-16(20(29)25-11)28(19)27-17/h3-8,10-11,21H,9H2,1-2H3,(H,22,23)(H,25,29)(H,26,27). The Morgan fingerprint density at radius 1 is 1.21 bits per heavy atom. The van der Waals surface area contributed by atoms with E-state index in [4.69, 9.17) is 0 Å². The number of amides is 1. The average Bonchev–Trinajstić information content (AvgIpc) is 3.15. The number of pyridine rings is 1. The topological polar surface area (TPSA) is 108 Å². The van der Waals surface area contributed by atoms with Gasteiger partial charge in [-0.1, -0.05) is 6.07 Å². The van der Waals surface area contributed by atoms with Crippen LogP contribution in [0.15, 0.2) is 42.7 Å². The number of hydrogen-bond acceptors (Lipinski definition) is 7. The lowest BCUT2D eigenvalue weighted by Gasteiger charge is -2.17. The molecule has 1 amide bonds. The highest BCUT2D eigenvalue weighted by molar-refractivity contribution is 5.96. The number of aromatic nitrogens is 4. The van der Waals surface area contributed by atoms with E-state index in [2.05, 4.69) is 36.3 Å². The highest BCUT2D eigenvalue weighted by atomic mass is 16.2. The molecule has 4 N–H and O–H groups in total. The number of anilines is 4. The molecule has 1 aliphatic rings. The summed E-state index contributed by atoms with van der Waals surface area (Å²) < 4.78 is 1.56. The first-order valence-electron chi connectivity index (χ1n) is 9.39. The van der Waals surface area contributed by atoms with Crippen LogP contribution < -0.4 is 21.3 Å². The van der Waals surface area contributed by atoms with Crippen LogP contribution in [0.4, 0.5) is 23.0 Å². The van der Waals surface area contributed by atoms with Crippen LogP contribution in [-0.2, 0) is 0 Å². The molecule has 1 aromatic carbocycles. The minimum absolute atomic E-state index is 0.124. The van der Waals surface area contributed by atoms with Crippen molar-refractivity contribution in [1.29, 1.82) is 0 Å². The predicted octanol–water partition coefficient (Wildman–Crippen LogP) is 2.61. The quantitative estimate of drug-likeness (QED) is 0.397. The van der Waals surface area contributed by atoms with Crippen molar-refractivity contribution in [1.82, 2.24) is 24.9 Å². The van der Waals surface area contributed by atoms with Gasteiger partial charge in [-0.25, -0.2) is 14.5 Å². The zero-order chi connectivity index (χ0) is 20.0. The van der Waals surface area contributed by atoms with Crippen molar-refractivity contribution in [2.24, 2.45) is 0 Å². The number of nitrogens with one attached hydrogen (secondary N) is 4. The monoisotopic (exact) mass is 388 g/mol. The van der Waals surface area contributed by atoms with Crippen LogP contribution in [0.5, 0.6) is 0 Å². The van der Waals surface area contributed by atoms with Crippen molar-refractivity contribution < 1.29 is 4.79 Å². The molecule has 1 unspecified atom stereocenters. The second kappa shape index (κ2) is 6.62. The molecule has 9 nitrogen and oxygen atoms in total. The Labute approximate surface area is 166 Å². The number of imidazole rings is 1. The summed E-state index contributed by atoms with van der Waals surface area (Å²) in [4.78, 5) is 21.7. The lowest BCUT2D eigenvalue weighted by atomic mass is 10.1. The fraction of sp³-hybridized carbons (Fsp3) is 0.200. The van der Waals surface area contributed by atoms with Gasteiger partial charge in [-0.3, -0.25) is 4.79 Å². The van der Waals surface area contributed by atoms with Crippen molar-refractivity contribution in [3.8, 4) is 0 Å². The number of benzene rings is 1. The third-order valence-corrected chi connectivity index (χ3v) is 4.96. The second-order valence-electron chi connectivity index (χ2n) is 7.05. The molecule has 3 aromatic heterocycles. The first-order valence-corrected chi connectivity index (χ1v) is 9.39. The van der Waals surface area contributed by atoms with E-state index < -0.39 is 0 Å². The minimum atomic E-state index is -0.236. The van der Waals surface area contributed by atoms with Crippen molar-refractivity contribution in [2.75, 3.05) is 29.5 Å². The van der Waals surface area contributed by atoms with E-state index in [-0.39, 0.29) is 11.9 Å².